The highest BCUT2D eigenvalue weighted by Gasteiger charge is 2.27. The smallest absolute Gasteiger partial charge is 0.257 e. The molecule has 1 aliphatic heterocycles. The monoisotopic (exact) mass is 328 g/mol. The standard InChI is InChI=1S/C18H20N2O2S/c1-12-13(2)23-17(15(12)18(22)20-10-6-7-11-20)19-16(21)14-8-4-3-5-9-14/h3-5,8-9H,6-7,10-11H2,1-2H3,(H,19,21). The minimum Gasteiger partial charge on any atom is -0.339 e. The molecule has 3 rings (SSSR count). The number of carbonyl (C=O) groups excluding carboxylic acids is 2. The van der Waals surface area contributed by atoms with Gasteiger partial charge in [0.2, 0.25) is 0 Å². The predicted molar refractivity (Wildman–Crippen MR) is 93.3 cm³/mol. The summed E-state index contributed by atoms with van der Waals surface area (Å²) in [6.07, 6.45) is 2.11. The minimum absolute atomic E-state index is 0.0349. The van der Waals surface area contributed by atoms with E-state index in [4.69, 9.17) is 0 Å². The molecule has 1 aliphatic rings. The summed E-state index contributed by atoms with van der Waals surface area (Å²) in [5, 5.41) is 3.58. The largest absolute Gasteiger partial charge is 0.339 e. The molecule has 23 heavy (non-hydrogen) atoms. The van der Waals surface area contributed by atoms with Crippen molar-refractivity contribution >= 4 is 28.2 Å². The molecule has 0 bridgehead atoms. The van der Waals surface area contributed by atoms with Gasteiger partial charge in [-0.15, -0.1) is 11.3 Å². The van der Waals surface area contributed by atoms with Crippen LogP contribution in [0.2, 0.25) is 0 Å². The average molecular weight is 328 g/mol. The van der Waals surface area contributed by atoms with E-state index in [1.165, 1.54) is 11.3 Å². The highest BCUT2D eigenvalue weighted by atomic mass is 32.1. The van der Waals surface area contributed by atoms with Crippen molar-refractivity contribution in [3.05, 3.63) is 51.9 Å². The number of benzene rings is 1. The van der Waals surface area contributed by atoms with Gasteiger partial charge in [-0.2, -0.15) is 0 Å². The van der Waals surface area contributed by atoms with Gasteiger partial charge in [-0.1, -0.05) is 18.2 Å². The van der Waals surface area contributed by atoms with Gasteiger partial charge in [0.25, 0.3) is 11.8 Å². The predicted octanol–water partition coefficient (Wildman–Crippen LogP) is 3.85. The quantitative estimate of drug-likeness (QED) is 0.930. The van der Waals surface area contributed by atoms with Gasteiger partial charge in [0.05, 0.1) is 5.56 Å². The van der Waals surface area contributed by atoms with E-state index in [0.29, 0.717) is 16.1 Å². The Morgan fingerprint density at radius 3 is 2.39 bits per heavy atom. The molecular formula is C18H20N2O2S. The summed E-state index contributed by atoms with van der Waals surface area (Å²) in [6.45, 7) is 5.55. The van der Waals surface area contributed by atoms with Gasteiger partial charge in [-0.3, -0.25) is 9.59 Å². The first-order valence-electron chi connectivity index (χ1n) is 7.83. The lowest BCUT2D eigenvalue weighted by Crippen LogP contribution is -2.28. The molecule has 1 aromatic heterocycles. The second-order valence-corrected chi connectivity index (χ2v) is 7.03. The van der Waals surface area contributed by atoms with Crippen molar-refractivity contribution in [3.8, 4) is 0 Å². The fourth-order valence-electron chi connectivity index (χ4n) is 2.82. The minimum atomic E-state index is -0.178. The number of hydrogen-bond donors (Lipinski definition) is 1. The lowest BCUT2D eigenvalue weighted by molar-refractivity contribution is 0.0793. The van der Waals surface area contributed by atoms with E-state index >= 15 is 0 Å². The second kappa shape index (κ2) is 6.54. The highest BCUT2D eigenvalue weighted by molar-refractivity contribution is 7.16. The lowest BCUT2D eigenvalue weighted by atomic mass is 10.1. The van der Waals surface area contributed by atoms with Crippen molar-refractivity contribution in [1.82, 2.24) is 4.90 Å². The first-order chi connectivity index (χ1) is 11.1. The number of aryl methyl sites for hydroxylation is 1. The van der Waals surface area contributed by atoms with Crippen LogP contribution in [0.1, 0.15) is 44.0 Å². The zero-order valence-electron chi connectivity index (χ0n) is 13.4. The molecule has 1 N–H and O–H groups in total. The van der Waals surface area contributed by atoms with Crippen molar-refractivity contribution in [1.29, 1.82) is 0 Å². The van der Waals surface area contributed by atoms with E-state index in [-0.39, 0.29) is 11.8 Å². The van der Waals surface area contributed by atoms with Gasteiger partial charge in [0.15, 0.2) is 0 Å². The Labute approximate surface area is 140 Å². The number of nitrogens with zero attached hydrogens (tertiary/aromatic N) is 1. The first kappa shape index (κ1) is 15.7. The van der Waals surface area contributed by atoms with Crippen LogP contribution in [0.5, 0.6) is 0 Å². The van der Waals surface area contributed by atoms with E-state index in [1.807, 2.05) is 36.9 Å². The summed E-state index contributed by atoms with van der Waals surface area (Å²) >= 11 is 1.47. The Kier molecular flexibility index (Phi) is 4.48. The van der Waals surface area contributed by atoms with Crippen LogP contribution in [0.25, 0.3) is 0 Å². The molecule has 1 fully saturated rings. The van der Waals surface area contributed by atoms with E-state index in [9.17, 15) is 9.59 Å². The van der Waals surface area contributed by atoms with Gasteiger partial charge in [0, 0.05) is 23.5 Å². The summed E-state index contributed by atoms with van der Waals surface area (Å²) in [4.78, 5) is 28.1. The fraction of sp³-hybridized carbons (Fsp3) is 0.333. The maximum atomic E-state index is 12.8. The van der Waals surface area contributed by atoms with Crippen molar-refractivity contribution in [2.45, 2.75) is 26.7 Å². The number of hydrogen-bond acceptors (Lipinski definition) is 3. The van der Waals surface area contributed by atoms with Crippen LogP contribution in [0, 0.1) is 13.8 Å². The van der Waals surface area contributed by atoms with Crippen LogP contribution in [0.15, 0.2) is 30.3 Å². The van der Waals surface area contributed by atoms with Gasteiger partial charge in [-0.25, -0.2) is 0 Å². The molecule has 120 valence electrons. The average Bonchev–Trinajstić information content (AvgIpc) is 3.17. The maximum absolute atomic E-state index is 12.8. The van der Waals surface area contributed by atoms with Crippen molar-refractivity contribution in [3.63, 3.8) is 0 Å². The molecular weight excluding hydrogens is 308 g/mol. The summed E-state index contributed by atoms with van der Waals surface area (Å²) in [6, 6.07) is 9.07. The van der Waals surface area contributed by atoms with Gasteiger partial charge in [-0.05, 0) is 44.4 Å². The fourth-order valence-corrected chi connectivity index (χ4v) is 3.86. The molecule has 5 heteroatoms. The summed E-state index contributed by atoms with van der Waals surface area (Å²) < 4.78 is 0. The van der Waals surface area contributed by atoms with E-state index in [1.54, 1.807) is 12.1 Å². The third-order valence-corrected chi connectivity index (χ3v) is 5.38. The van der Waals surface area contributed by atoms with Gasteiger partial charge >= 0.3 is 0 Å². The number of likely N-dealkylation sites (tertiary alicyclic amines) is 1. The van der Waals surface area contributed by atoms with Crippen molar-refractivity contribution < 1.29 is 9.59 Å². The van der Waals surface area contributed by atoms with E-state index in [0.717, 1.165) is 36.4 Å². The SMILES string of the molecule is Cc1sc(NC(=O)c2ccccc2)c(C(=O)N2CCCC2)c1C. The Morgan fingerprint density at radius 1 is 1.09 bits per heavy atom. The third-order valence-electron chi connectivity index (χ3n) is 4.26. The van der Waals surface area contributed by atoms with E-state index < -0.39 is 0 Å². The van der Waals surface area contributed by atoms with Crippen LogP contribution in [0.3, 0.4) is 0 Å². The maximum Gasteiger partial charge on any atom is 0.257 e. The second-order valence-electron chi connectivity index (χ2n) is 5.81. The molecule has 4 nitrogen and oxygen atoms in total. The van der Waals surface area contributed by atoms with Gasteiger partial charge < -0.3 is 10.2 Å². The van der Waals surface area contributed by atoms with Crippen LogP contribution < -0.4 is 5.32 Å². The Bertz CT molecular complexity index is 731. The molecule has 2 aromatic rings. The molecule has 0 unspecified atom stereocenters. The topological polar surface area (TPSA) is 49.4 Å². The molecule has 1 saturated heterocycles. The Balaban J connectivity index is 1.89. The molecule has 1 aromatic carbocycles. The van der Waals surface area contributed by atoms with Crippen LogP contribution >= 0.6 is 11.3 Å². The number of amides is 2. The number of thiophene rings is 1. The van der Waals surface area contributed by atoms with E-state index in [2.05, 4.69) is 5.32 Å². The summed E-state index contributed by atoms with van der Waals surface area (Å²) in [5.74, 6) is -0.143. The van der Waals surface area contributed by atoms with Crippen molar-refractivity contribution in [2.24, 2.45) is 0 Å². The number of anilines is 1. The number of carbonyl (C=O) groups is 2. The van der Waals surface area contributed by atoms with Gasteiger partial charge in [0.1, 0.15) is 5.00 Å². The summed E-state index contributed by atoms with van der Waals surface area (Å²) in [7, 11) is 0. The normalized spacial score (nSPS) is 14.1. The zero-order chi connectivity index (χ0) is 16.4. The molecule has 0 radical (unpaired) electrons. The molecule has 0 spiro atoms. The number of rotatable bonds is 3. The first-order valence-corrected chi connectivity index (χ1v) is 8.65. The van der Waals surface area contributed by atoms with Crippen LogP contribution in [-0.2, 0) is 0 Å². The third kappa shape index (κ3) is 3.15. The summed E-state index contributed by atoms with van der Waals surface area (Å²) in [5.41, 5.74) is 2.21. The van der Waals surface area contributed by atoms with Crippen LogP contribution in [-0.4, -0.2) is 29.8 Å². The molecule has 0 atom stereocenters. The Hall–Kier alpha value is -2.14. The number of nitrogens with one attached hydrogen (secondary N) is 1. The highest BCUT2D eigenvalue weighted by Crippen LogP contribution is 2.34. The van der Waals surface area contributed by atoms with Crippen molar-refractivity contribution in [2.75, 3.05) is 18.4 Å². The Morgan fingerprint density at radius 2 is 1.74 bits per heavy atom. The molecule has 2 amide bonds. The zero-order valence-corrected chi connectivity index (χ0v) is 14.2. The van der Waals surface area contributed by atoms with Crippen LogP contribution in [0.4, 0.5) is 5.00 Å². The molecule has 0 aliphatic carbocycles. The molecule has 2 heterocycles. The lowest BCUT2D eigenvalue weighted by Gasteiger charge is -2.16. The molecule has 0 saturated carbocycles.